The van der Waals surface area contributed by atoms with Crippen molar-refractivity contribution < 1.29 is 4.42 Å². The van der Waals surface area contributed by atoms with Gasteiger partial charge in [-0.3, -0.25) is 0 Å². The van der Waals surface area contributed by atoms with Crippen LogP contribution in [0.4, 0.5) is 0 Å². The van der Waals surface area contributed by atoms with Crippen LogP contribution in [-0.2, 0) is 0 Å². The Bertz CT molecular complexity index is 4840. The van der Waals surface area contributed by atoms with Gasteiger partial charge in [0.1, 0.15) is 247 Å². The zero-order valence-corrected chi connectivity index (χ0v) is 55.4. The van der Waals surface area contributed by atoms with E-state index in [1.807, 2.05) is 0 Å². The van der Waals surface area contributed by atoms with Crippen LogP contribution >= 0.6 is 0 Å². The second-order valence-corrected chi connectivity index (χ2v) is 26.3. The molecule has 1 heterocycles. The first-order chi connectivity index (χ1) is 37.8. The highest BCUT2D eigenvalue weighted by molar-refractivity contribution is 6.78. The van der Waals surface area contributed by atoms with Crippen LogP contribution in [0.15, 0.2) is 4.42 Å². The van der Waals surface area contributed by atoms with Crippen LogP contribution in [-0.4, -0.2) is 235 Å². The molecule has 0 radical (unpaired) electrons. The minimum Gasteiger partial charge on any atom is -0.457 e. The molecule has 0 N–H and O–H groups in total. The van der Waals surface area contributed by atoms with E-state index in [2.05, 4.69) is 235 Å². The Kier molecular flexibility index (Phi) is 13.9. The Morgan fingerprint density at radius 3 is 0.580 bits per heavy atom. The molecule has 1 aromatic heterocycles. The Morgan fingerprint density at radius 1 is 0.111 bits per heavy atom. The normalized spacial score (nSPS) is 12.0. The number of furan rings is 1. The lowest BCUT2D eigenvalue weighted by atomic mass is 9.55. The minimum absolute atomic E-state index is 1.02. The zero-order valence-electron chi connectivity index (χ0n) is 55.4. The maximum absolute atomic E-state index is 7.45. The average molecular weight is 1000 g/mol. The zero-order chi connectivity index (χ0) is 59.6. The van der Waals surface area contributed by atoms with Crippen molar-refractivity contribution >= 4 is 475 Å². The van der Waals surface area contributed by atoms with Crippen LogP contribution in [0.3, 0.4) is 0 Å². The van der Waals surface area contributed by atoms with Gasteiger partial charge in [-0.05, 0) is 92.7 Å². The first kappa shape index (κ1) is 58.0. The lowest BCUT2D eigenvalue weighted by Crippen LogP contribution is -2.53. The van der Waals surface area contributed by atoms with E-state index in [9.17, 15) is 0 Å². The molecule has 0 aliphatic rings. The molecule has 31 heteroatoms. The van der Waals surface area contributed by atoms with Gasteiger partial charge in [-0.1, -0.05) is 98.3 Å². The van der Waals surface area contributed by atoms with E-state index in [0.717, 1.165) is 11.2 Å². The maximum atomic E-state index is 7.45. The van der Waals surface area contributed by atoms with Crippen LogP contribution in [0.25, 0.3) is 109 Å². The largest absolute Gasteiger partial charge is 0.457 e. The Labute approximate surface area is 509 Å². The highest BCUT2D eigenvalue weighted by Gasteiger charge is 2.33. The van der Waals surface area contributed by atoms with Gasteiger partial charge >= 0.3 is 0 Å². The number of rotatable bonds is 3. The summed E-state index contributed by atoms with van der Waals surface area (Å²) in [6, 6.07) is 0. The highest BCUT2D eigenvalue weighted by Crippen LogP contribution is 2.43. The molecule has 0 saturated heterocycles. The third kappa shape index (κ3) is 7.30. The van der Waals surface area contributed by atoms with E-state index < -0.39 is 0 Å². The summed E-state index contributed by atoms with van der Waals surface area (Å²) >= 11 is 0. The second kappa shape index (κ2) is 19.4. The van der Waals surface area contributed by atoms with Gasteiger partial charge in [0.25, 0.3) is 0 Å². The molecule has 0 spiro atoms. The average Bonchev–Trinajstić information content (AvgIpc) is 3.22. The summed E-state index contributed by atoms with van der Waals surface area (Å²) in [6.45, 7) is 0. The summed E-state index contributed by atoms with van der Waals surface area (Å²) in [5.74, 6) is 0. The lowest BCUT2D eigenvalue weighted by Gasteiger charge is -2.33. The summed E-state index contributed by atoms with van der Waals surface area (Å²) < 4.78 is 7.45. The number of hydrogen-bond acceptors (Lipinski definition) is 1. The van der Waals surface area contributed by atoms with Gasteiger partial charge in [-0.25, -0.2) is 0 Å². The predicted octanol–water partition coefficient (Wildman–Crippen LogP) is -37.9. The van der Waals surface area contributed by atoms with Gasteiger partial charge in [-0.2, -0.15) is 0 Å². The van der Waals surface area contributed by atoms with Gasteiger partial charge in [0, 0.05) is 10.8 Å². The fourth-order valence-electron chi connectivity index (χ4n) is 16.4. The van der Waals surface area contributed by atoms with Crippen molar-refractivity contribution in [3.8, 4) is 33.4 Å². The third-order valence-corrected chi connectivity index (χ3v) is 23.6. The molecule has 0 aliphatic heterocycles. The van der Waals surface area contributed by atoms with Crippen molar-refractivity contribution in [2.45, 2.75) is 0 Å². The summed E-state index contributed by atoms with van der Waals surface area (Å²) in [6.07, 6.45) is 0. The van der Waals surface area contributed by atoms with E-state index in [1.54, 1.807) is 0 Å². The highest BCUT2D eigenvalue weighted by atomic mass is 16.3. The SMILES string of the molecule is Bc1c(B)c(-c2c(B)c(B)c(B)c3c(-c4c5c(B)c(B)c(B)c(B)c5c(-c5c(B)c(B)c(B)c6c(B)c(B)c(B)c(B)c56)c5c(B)c(B)c(B)c(B)c45)c(B)c(B)c(B)c23)c2c(oc3c(B)c4c(B)c(B)c(B)c(B)c4c(B)c32)c1B. The predicted molar refractivity (Wildman–Crippen MR) is 463 cm³/mol. The molecule has 11 aromatic rings. The summed E-state index contributed by atoms with van der Waals surface area (Å²) in [7, 11) is 71.6. The molecular weight excluding hydrogens is 941 g/mol. The molecule has 0 bridgehead atoms. The summed E-state index contributed by atoms with van der Waals surface area (Å²) in [5, 5.41) is 16.5. The molecule has 0 saturated carbocycles. The molecule has 0 amide bonds. The molecule has 356 valence electrons. The molecule has 1 nitrogen and oxygen atoms in total. The molecule has 81 heavy (non-hydrogen) atoms. The lowest BCUT2D eigenvalue weighted by molar-refractivity contribution is 0.675. The Hall–Kier alpha value is -4.75. The fraction of sp³-hybridized carbons (Fsp3) is 0. The van der Waals surface area contributed by atoms with E-state index in [-0.39, 0.29) is 0 Å². The van der Waals surface area contributed by atoms with Crippen LogP contribution < -0.4 is 164 Å². The third-order valence-electron chi connectivity index (χ3n) is 23.6. The van der Waals surface area contributed by atoms with Crippen LogP contribution in [0, 0.1) is 0 Å². The molecular formula is C50H60B30O. The van der Waals surface area contributed by atoms with Crippen molar-refractivity contribution in [3.63, 3.8) is 0 Å². The quantitative estimate of drug-likeness (QED) is 0.127. The van der Waals surface area contributed by atoms with Gasteiger partial charge in [0.2, 0.25) is 0 Å². The van der Waals surface area contributed by atoms with E-state index in [1.165, 1.54) is 262 Å². The van der Waals surface area contributed by atoms with Crippen molar-refractivity contribution in [1.29, 1.82) is 0 Å². The van der Waals surface area contributed by atoms with Gasteiger partial charge in [-0.15, -0.1) is 60.1 Å². The second-order valence-electron chi connectivity index (χ2n) is 26.3. The molecule has 0 unspecified atom stereocenters. The number of fused-ring (bicyclic) bond motifs is 8. The topological polar surface area (TPSA) is 13.1 Å². The molecule has 11 rings (SSSR count). The van der Waals surface area contributed by atoms with Crippen LogP contribution in [0.2, 0.25) is 0 Å². The van der Waals surface area contributed by atoms with Crippen molar-refractivity contribution in [3.05, 3.63) is 0 Å². The maximum Gasteiger partial charge on any atom is 0.145 e. The molecule has 0 aliphatic carbocycles. The van der Waals surface area contributed by atoms with E-state index >= 15 is 0 Å². The van der Waals surface area contributed by atoms with Crippen LogP contribution in [0.5, 0.6) is 0 Å². The first-order valence-electron chi connectivity index (χ1n) is 30.2. The van der Waals surface area contributed by atoms with Crippen molar-refractivity contribution in [2.75, 3.05) is 0 Å². The smallest absolute Gasteiger partial charge is 0.145 e. The van der Waals surface area contributed by atoms with E-state index in [4.69, 9.17) is 4.42 Å². The summed E-state index contributed by atoms with van der Waals surface area (Å²) in [4.78, 5) is 0. The minimum atomic E-state index is 1.02. The van der Waals surface area contributed by atoms with Crippen LogP contribution in [0.1, 0.15) is 0 Å². The fourth-order valence-corrected chi connectivity index (χ4v) is 16.4. The molecule has 0 fully saturated rings. The Morgan fingerprint density at radius 2 is 0.284 bits per heavy atom. The number of hydrogen-bond donors (Lipinski definition) is 0. The number of benzene rings is 10. The first-order valence-corrected chi connectivity index (χ1v) is 30.2. The van der Waals surface area contributed by atoms with Crippen molar-refractivity contribution in [2.24, 2.45) is 0 Å². The Balaban J connectivity index is 1.46. The standard InChI is InChI=1S/C50H60B30O/c51-19-16-17(34(66)46(78)45(77)33(16)65)35(67)50-18(19)14-12(29(61)47(79)48(80)49(14)81-50)11-10-9(26(58)37(69)28(11)60)7(20(52)36(68)27(10)59)1-3-5(24(56)41(73)39(71)22(3)54)2(6-4(1)23(55)40(72)42(74)25(6)57)8-13-15(31(63)38(70)21(8)53)32(64)44(76)43(75)30(13)62/h51-80H2. The van der Waals surface area contributed by atoms with Gasteiger partial charge < -0.3 is 4.42 Å². The van der Waals surface area contributed by atoms with Gasteiger partial charge in [0.15, 0.2) is 0 Å². The van der Waals surface area contributed by atoms with Crippen molar-refractivity contribution in [1.82, 2.24) is 0 Å². The molecule has 0 atom stereocenters. The summed E-state index contributed by atoms with van der Waals surface area (Å²) in [5.41, 5.74) is 51.3. The molecule has 10 aromatic carbocycles. The van der Waals surface area contributed by atoms with Gasteiger partial charge in [0.05, 0.1) is 0 Å². The monoisotopic (exact) mass is 1010 g/mol. The van der Waals surface area contributed by atoms with E-state index in [0.29, 0.717) is 0 Å².